The number of rotatable bonds is 8. The number of benzene rings is 2. The first kappa shape index (κ1) is 28.9. The molecule has 0 atom stereocenters. The lowest BCUT2D eigenvalue weighted by molar-refractivity contribution is -0.115. The Morgan fingerprint density at radius 1 is 0.976 bits per heavy atom. The lowest BCUT2D eigenvalue weighted by atomic mass is 10.1. The van der Waals surface area contributed by atoms with Crippen LogP contribution in [0.2, 0.25) is 0 Å². The van der Waals surface area contributed by atoms with Crippen LogP contribution in [-0.2, 0) is 32.3 Å². The van der Waals surface area contributed by atoms with E-state index in [-0.39, 0.29) is 28.5 Å². The van der Waals surface area contributed by atoms with Gasteiger partial charge in [-0.25, -0.2) is 13.4 Å². The standard InChI is InChI=1S/C31H30FN5O4S/c1-20-13-21(14-30(38)36-23-17-35-37(18-23)31(2,3)4)5-9-27(20)41-28-11-12-33-26-8-7-24(15-25(26)28)42(39,40)19-22-6-10-29(32)34-16-22/h5-13,15-18H,14,19H2,1-4H3,(H,36,38). The van der Waals surface area contributed by atoms with Gasteiger partial charge in [-0.05, 0) is 80.8 Å². The number of amides is 1. The minimum absolute atomic E-state index is 0.0864. The van der Waals surface area contributed by atoms with Crippen LogP contribution >= 0.6 is 0 Å². The average Bonchev–Trinajstić information content (AvgIpc) is 3.40. The Balaban J connectivity index is 1.32. The molecule has 11 heteroatoms. The quantitative estimate of drug-likeness (QED) is 0.222. The molecule has 0 aliphatic heterocycles. The first-order valence-corrected chi connectivity index (χ1v) is 14.9. The zero-order valence-electron chi connectivity index (χ0n) is 23.6. The Bertz CT molecular complexity index is 1880. The smallest absolute Gasteiger partial charge is 0.228 e. The number of ether oxygens (including phenoxy) is 1. The molecule has 1 N–H and O–H groups in total. The molecule has 0 radical (unpaired) electrons. The number of hydrogen-bond acceptors (Lipinski definition) is 7. The van der Waals surface area contributed by atoms with Gasteiger partial charge in [0, 0.05) is 24.0 Å². The highest BCUT2D eigenvalue weighted by Gasteiger charge is 2.19. The van der Waals surface area contributed by atoms with Crippen molar-refractivity contribution in [2.24, 2.45) is 0 Å². The number of sulfone groups is 1. The topological polar surface area (TPSA) is 116 Å². The second kappa shape index (κ2) is 11.3. The number of pyridine rings is 2. The lowest BCUT2D eigenvalue weighted by Crippen LogP contribution is -2.22. The van der Waals surface area contributed by atoms with Gasteiger partial charge in [-0.15, -0.1) is 0 Å². The van der Waals surface area contributed by atoms with Crippen molar-refractivity contribution < 1.29 is 22.3 Å². The van der Waals surface area contributed by atoms with Crippen LogP contribution in [0.15, 0.2) is 84.3 Å². The van der Waals surface area contributed by atoms with Crippen molar-refractivity contribution in [1.82, 2.24) is 19.7 Å². The van der Waals surface area contributed by atoms with E-state index in [1.54, 1.807) is 41.5 Å². The summed E-state index contributed by atoms with van der Waals surface area (Å²) >= 11 is 0. The number of aromatic nitrogens is 4. The van der Waals surface area contributed by atoms with Crippen molar-refractivity contribution in [3.8, 4) is 11.5 Å². The molecule has 0 saturated carbocycles. The lowest BCUT2D eigenvalue weighted by Gasteiger charge is -2.18. The molecule has 0 spiro atoms. The number of nitrogens with one attached hydrogen (secondary N) is 1. The second-order valence-corrected chi connectivity index (χ2v) is 13.0. The SMILES string of the molecule is Cc1cc(CC(=O)Nc2cnn(C(C)(C)C)c2)ccc1Oc1ccnc2ccc(S(=O)(=O)Cc3ccc(F)nc3)cc12. The Morgan fingerprint density at radius 3 is 2.45 bits per heavy atom. The number of aryl methyl sites for hydroxylation is 1. The van der Waals surface area contributed by atoms with E-state index in [1.165, 1.54) is 24.4 Å². The molecule has 0 unspecified atom stereocenters. The molecule has 3 aromatic heterocycles. The minimum Gasteiger partial charge on any atom is -0.456 e. The molecular weight excluding hydrogens is 557 g/mol. The summed E-state index contributed by atoms with van der Waals surface area (Å²) in [7, 11) is -3.75. The molecule has 5 aromatic rings. The van der Waals surface area contributed by atoms with Crippen LogP contribution in [0.25, 0.3) is 10.9 Å². The number of anilines is 1. The van der Waals surface area contributed by atoms with E-state index in [9.17, 15) is 17.6 Å². The van der Waals surface area contributed by atoms with Crippen molar-refractivity contribution in [3.05, 3.63) is 102 Å². The van der Waals surface area contributed by atoms with Crippen LogP contribution in [0.3, 0.4) is 0 Å². The van der Waals surface area contributed by atoms with Gasteiger partial charge in [-0.2, -0.15) is 9.49 Å². The Kier molecular flexibility index (Phi) is 7.79. The largest absolute Gasteiger partial charge is 0.456 e. The van der Waals surface area contributed by atoms with E-state index < -0.39 is 15.8 Å². The van der Waals surface area contributed by atoms with E-state index >= 15 is 0 Å². The molecule has 0 saturated heterocycles. The van der Waals surface area contributed by atoms with Crippen molar-refractivity contribution >= 4 is 32.3 Å². The Hall–Kier alpha value is -4.64. The molecule has 3 heterocycles. The van der Waals surface area contributed by atoms with Crippen molar-refractivity contribution in [2.75, 3.05) is 5.32 Å². The predicted octanol–water partition coefficient (Wildman–Crippen LogP) is 5.98. The van der Waals surface area contributed by atoms with Gasteiger partial charge in [0.2, 0.25) is 11.9 Å². The first-order valence-electron chi connectivity index (χ1n) is 13.2. The Morgan fingerprint density at radius 2 is 1.76 bits per heavy atom. The van der Waals surface area contributed by atoms with E-state index in [1.807, 2.05) is 39.8 Å². The van der Waals surface area contributed by atoms with E-state index in [0.29, 0.717) is 33.7 Å². The molecule has 1 amide bonds. The van der Waals surface area contributed by atoms with E-state index in [0.717, 1.165) is 17.2 Å². The van der Waals surface area contributed by atoms with E-state index in [2.05, 4.69) is 20.4 Å². The number of halogens is 1. The third-order valence-corrected chi connectivity index (χ3v) is 8.24. The van der Waals surface area contributed by atoms with Crippen LogP contribution in [-0.4, -0.2) is 34.1 Å². The van der Waals surface area contributed by atoms with Crippen LogP contribution < -0.4 is 10.1 Å². The maximum absolute atomic E-state index is 13.2. The fourth-order valence-electron chi connectivity index (χ4n) is 4.38. The molecule has 0 aliphatic carbocycles. The maximum atomic E-state index is 13.2. The molecule has 5 rings (SSSR count). The highest BCUT2D eigenvalue weighted by molar-refractivity contribution is 7.90. The molecule has 0 aliphatic rings. The van der Waals surface area contributed by atoms with Gasteiger partial charge in [-0.1, -0.05) is 18.2 Å². The first-order chi connectivity index (χ1) is 19.9. The number of carbonyl (C=O) groups is 1. The summed E-state index contributed by atoms with van der Waals surface area (Å²) in [6, 6.07) is 14.3. The third kappa shape index (κ3) is 6.63. The summed E-state index contributed by atoms with van der Waals surface area (Å²) in [6.07, 6.45) is 6.40. The maximum Gasteiger partial charge on any atom is 0.228 e. The fourth-order valence-corrected chi connectivity index (χ4v) is 5.73. The van der Waals surface area contributed by atoms with E-state index in [4.69, 9.17) is 4.74 Å². The van der Waals surface area contributed by atoms with Gasteiger partial charge >= 0.3 is 0 Å². The monoisotopic (exact) mass is 587 g/mol. The molecule has 9 nitrogen and oxygen atoms in total. The van der Waals surface area contributed by atoms with Crippen LogP contribution in [0.1, 0.15) is 37.5 Å². The number of carbonyl (C=O) groups excluding carboxylic acids is 1. The highest BCUT2D eigenvalue weighted by atomic mass is 32.2. The van der Waals surface area contributed by atoms with Gasteiger partial charge in [-0.3, -0.25) is 14.5 Å². The molecule has 0 fully saturated rings. The van der Waals surface area contributed by atoms with Crippen molar-refractivity contribution in [1.29, 1.82) is 0 Å². The number of hydrogen-bond donors (Lipinski definition) is 1. The molecule has 0 bridgehead atoms. The normalized spacial score (nSPS) is 11.9. The Labute approximate surface area is 243 Å². The number of fused-ring (bicyclic) bond motifs is 1. The zero-order chi connectivity index (χ0) is 30.1. The predicted molar refractivity (Wildman–Crippen MR) is 158 cm³/mol. The van der Waals surface area contributed by atoms with Gasteiger partial charge < -0.3 is 10.1 Å². The van der Waals surface area contributed by atoms with Gasteiger partial charge in [0.1, 0.15) is 11.5 Å². The molecule has 42 heavy (non-hydrogen) atoms. The third-order valence-electron chi connectivity index (χ3n) is 6.56. The molecular formula is C31H30FN5O4S. The fraction of sp³-hybridized carbons (Fsp3) is 0.226. The number of nitrogens with zero attached hydrogens (tertiary/aromatic N) is 4. The summed E-state index contributed by atoms with van der Waals surface area (Å²) in [4.78, 5) is 20.6. The second-order valence-electron chi connectivity index (χ2n) is 11.0. The summed E-state index contributed by atoms with van der Waals surface area (Å²) in [5.74, 6) is -0.170. The van der Waals surface area contributed by atoms with Gasteiger partial charge in [0.25, 0.3) is 0 Å². The molecule has 2 aromatic carbocycles. The van der Waals surface area contributed by atoms with Crippen LogP contribution in [0.5, 0.6) is 11.5 Å². The summed E-state index contributed by atoms with van der Waals surface area (Å²) in [5.41, 5.74) is 3.00. The van der Waals surface area contributed by atoms with Crippen molar-refractivity contribution in [2.45, 2.75) is 50.3 Å². The minimum atomic E-state index is -3.75. The van der Waals surface area contributed by atoms with Crippen LogP contribution in [0, 0.1) is 12.9 Å². The summed E-state index contributed by atoms with van der Waals surface area (Å²) in [5, 5.41) is 7.71. The summed E-state index contributed by atoms with van der Waals surface area (Å²) < 4.78 is 47.4. The van der Waals surface area contributed by atoms with Crippen molar-refractivity contribution in [3.63, 3.8) is 0 Å². The zero-order valence-corrected chi connectivity index (χ0v) is 24.4. The van der Waals surface area contributed by atoms with Crippen LogP contribution in [0.4, 0.5) is 10.1 Å². The molecule has 216 valence electrons. The summed E-state index contributed by atoms with van der Waals surface area (Å²) in [6.45, 7) is 7.96. The van der Waals surface area contributed by atoms with Gasteiger partial charge in [0.15, 0.2) is 9.84 Å². The highest BCUT2D eigenvalue weighted by Crippen LogP contribution is 2.33. The van der Waals surface area contributed by atoms with Gasteiger partial charge in [0.05, 0.1) is 40.0 Å². The average molecular weight is 588 g/mol.